The van der Waals surface area contributed by atoms with E-state index in [0.29, 0.717) is 0 Å². The summed E-state index contributed by atoms with van der Waals surface area (Å²) in [6, 6.07) is 0. The lowest BCUT2D eigenvalue weighted by Crippen LogP contribution is -2.45. The normalized spacial score (nSPS) is 36.0. The molecular formula is C6H8O6. The summed E-state index contributed by atoms with van der Waals surface area (Å²) in [6.45, 7) is 0. The minimum absolute atomic E-state index is 0.219. The van der Waals surface area contributed by atoms with E-state index in [4.69, 9.17) is 20.4 Å². The van der Waals surface area contributed by atoms with Crippen molar-refractivity contribution in [2.75, 3.05) is 0 Å². The number of carbonyl (C=O) groups excluding carboxylic acids is 1. The van der Waals surface area contributed by atoms with Crippen LogP contribution in [-0.4, -0.2) is 45.0 Å². The number of hydrogen-bond acceptors (Lipinski definition) is 6. The number of ether oxygens (including phenoxy) is 1. The number of aldehydes is 1. The van der Waals surface area contributed by atoms with E-state index in [1.807, 2.05) is 0 Å². The van der Waals surface area contributed by atoms with Crippen molar-refractivity contribution >= 4 is 6.29 Å². The maximum Gasteiger partial charge on any atom is 0.319 e. The molecule has 1 heterocycles. The first-order valence-electron chi connectivity index (χ1n) is 3.18. The highest BCUT2D eigenvalue weighted by Gasteiger charge is 2.38. The first kappa shape index (κ1) is 8.82. The predicted molar refractivity (Wildman–Crippen MR) is 35.2 cm³/mol. The van der Waals surface area contributed by atoms with Gasteiger partial charge in [0.1, 0.15) is 12.2 Å². The predicted octanol–water partition coefficient (Wildman–Crippen LogP) is -1.41. The third-order valence-corrected chi connectivity index (χ3v) is 1.54. The molecule has 0 aromatic heterocycles. The molecule has 0 aromatic carbocycles. The monoisotopic (exact) mass is 176 g/mol. The van der Waals surface area contributed by atoms with E-state index in [1.165, 1.54) is 0 Å². The van der Waals surface area contributed by atoms with Crippen molar-refractivity contribution in [3.8, 4) is 0 Å². The summed E-state index contributed by atoms with van der Waals surface area (Å²) in [5.41, 5.74) is 0. The van der Waals surface area contributed by atoms with E-state index >= 15 is 0 Å². The van der Waals surface area contributed by atoms with Crippen molar-refractivity contribution in [1.29, 1.82) is 0 Å². The topological polar surface area (TPSA) is 107 Å². The molecule has 12 heavy (non-hydrogen) atoms. The largest absolute Gasteiger partial charge is 0.504 e. The molecule has 0 amide bonds. The molecule has 6 nitrogen and oxygen atoms in total. The van der Waals surface area contributed by atoms with Crippen molar-refractivity contribution in [1.82, 2.24) is 0 Å². The van der Waals surface area contributed by atoms with Gasteiger partial charge in [-0.2, -0.15) is 0 Å². The minimum atomic E-state index is -1.69. The summed E-state index contributed by atoms with van der Waals surface area (Å²) in [4.78, 5) is 10.2. The zero-order valence-electron chi connectivity index (χ0n) is 5.91. The van der Waals surface area contributed by atoms with Crippen molar-refractivity contribution in [3.63, 3.8) is 0 Å². The fourth-order valence-electron chi connectivity index (χ4n) is 0.835. The highest BCUT2D eigenvalue weighted by molar-refractivity contribution is 5.58. The third-order valence-electron chi connectivity index (χ3n) is 1.54. The van der Waals surface area contributed by atoms with Crippen LogP contribution in [0.15, 0.2) is 11.7 Å². The Hall–Kier alpha value is -1.27. The summed E-state index contributed by atoms with van der Waals surface area (Å²) in [7, 11) is 0. The van der Waals surface area contributed by atoms with Gasteiger partial charge in [-0.15, -0.1) is 0 Å². The Morgan fingerprint density at radius 1 is 1.33 bits per heavy atom. The van der Waals surface area contributed by atoms with E-state index in [-0.39, 0.29) is 6.29 Å². The third kappa shape index (κ3) is 1.21. The molecule has 1 aliphatic rings. The molecule has 4 N–H and O–H groups in total. The van der Waals surface area contributed by atoms with Crippen LogP contribution < -0.4 is 0 Å². The molecule has 0 bridgehead atoms. The molecule has 0 unspecified atom stereocenters. The molecule has 0 fully saturated rings. The number of carbonyl (C=O) groups is 1. The van der Waals surface area contributed by atoms with Crippen LogP contribution in [0.5, 0.6) is 0 Å². The van der Waals surface area contributed by atoms with Gasteiger partial charge in [0.15, 0.2) is 12.4 Å². The molecule has 0 saturated carbocycles. The fraction of sp³-hybridized carbons (Fsp3) is 0.500. The highest BCUT2D eigenvalue weighted by Crippen LogP contribution is 2.20. The van der Waals surface area contributed by atoms with Crippen LogP contribution in [0.3, 0.4) is 0 Å². The van der Waals surface area contributed by atoms with Gasteiger partial charge in [-0.3, -0.25) is 4.79 Å². The minimum Gasteiger partial charge on any atom is -0.504 e. The molecular weight excluding hydrogens is 168 g/mol. The van der Waals surface area contributed by atoms with Crippen LogP contribution in [0.1, 0.15) is 0 Å². The van der Waals surface area contributed by atoms with E-state index in [9.17, 15) is 4.79 Å². The molecule has 1 rings (SSSR count). The molecule has 0 saturated heterocycles. The summed E-state index contributed by atoms with van der Waals surface area (Å²) in [5, 5.41) is 35.5. The second kappa shape index (κ2) is 3.00. The van der Waals surface area contributed by atoms with Gasteiger partial charge in [-0.25, -0.2) is 0 Å². The molecule has 6 heteroatoms. The summed E-state index contributed by atoms with van der Waals surface area (Å²) in [5.74, 6) is -1.81. The molecule has 1 aliphatic heterocycles. The Bertz CT molecular complexity index is 222. The summed E-state index contributed by atoms with van der Waals surface area (Å²) in [6.07, 6.45) is -4.38. The number of aliphatic hydroxyl groups excluding tert-OH is 4. The van der Waals surface area contributed by atoms with Crippen LogP contribution >= 0.6 is 0 Å². The van der Waals surface area contributed by atoms with Crippen molar-refractivity contribution in [2.45, 2.75) is 18.3 Å². The van der Waals surface area contributed by atoms with E-state index in [2.05, 4.69) is 4.74 Å². The van der Waals surface area contributed by atoms with Crippen LogP contribution in [0.25, 0.3) is 0 Å². The van der Waals surface area contributed by atoms with Crippen LogP contribution in [0.2, 0.25) is 0 Å². The summed E-state index contributed by atoms with van der Waals surface area (Å²) >= 11 is 0. The SMILES string of the molecule is O=C[C@H]1OC(O)=C(O)[C@@H](O)[C@@H]1O. The van der Waals surface area contributed by atoms with Gasteiger partial charge in [0.25, 0.3) is 0 Å². The van der Waals surface area contributed by atoms with Gasteiger partial charge < -0.3 is 25.2 Å². The van der Waals surface area contributed by atoms with Crippen molar-refractivity contribution in [3.05, 3.63) is 11.7 Å². The molecule has 3 atom stereocenters. The lowest BCUT2D eigenvalue weighted by atomic mass is 10.1. The second-order valence-electron chi connectivity index (χ2n) is 2.34. The smallest absolute Gasteiger partial charge is 0.319 e. The first-order chi connectivity index (χ1) is 5.57. The Morgan fingerprint density at radius 2 is 1.92 bits per heavy atom. The van der Waals surface area contributed by atoms with Gasteiger partial charge in [0.2, 0.25) is 5.76 Å². The Morgan fingerprint density at radius 3 is 2.42 bits per heavy atom. The zero-order valence-corrected chi connectivity index (χ0v) is 5.91. The lowest BCUT2D eigenvalue weighted by molar-refractivity contribution is -0.144. The van der Waals surface area contributed by atoms with E-state index < -0.39 is 30.0 Å². The van der Waals surface area contributed by atoms with Gasteiger partial charge in [0, 0.05) is 0 Å². The lowest BCUT2D eigenvalue weighted by Gasteiger charge is -2.27. The van der Waals surface area contributed by atoms with Gasteiger partial charge in [0.05, 0.1) is 0 Å². The standard InChI is InChI=1S/C6H8O6/c7-1-2-3(8)4(9)5(10)6(11)12-2/h1-4,8-11H/t2-,3-,4+/m1/s1. The van der Waals surface area contributed by atoms with E-state index in [0.717, 1.165) is 0 Å². The van der Waals surface area contributed by atoms with Crippen LogP contribution in [0, 0.1) is 0 Å². The molecule has 0 aliphatic carbocycles. The molecule has 0 aromatic rings. The Balaban J connectivity index is 2.90. The zero-order chi connectivity index (χ0) is 9.30. The van der Waals surface area contributed by atoms with E-state index in [1.54, 1.807) is 0 Å². The van der Waals surface area contributed by atoms with Crippen molar-refractivity contribution in [2.24, 2.45) is 0 Å². The van der Waals surface area contributed by atoms with Crippen LogP contribution in [0.4, 0.5) is 0 Å². The molecule has 0 spiro atoms. The maximum atomic E-state index is 10.2. The fourth-order valence-corrected chi connectivity index (χ4v) is 0.835. The van der Waals surface area contributed by atoms with Crippen LogP contribution in [-0.2, 0) is 9.53 Å². The van der Waals surface area contributed by atoms with Gasteiger partial charge in [-0.05, 0) is 0 Å². The number of rotatable bonds is 1. The maximum absolute atomic E-state index is 10.2. The van der Waals surface area contributed by atoms with Crippen molar-refractivity contribution < 1.29 is 30.0 Å². The average molecular weight is 176 g/mol. The van der Waals surface area contributed by atoms with Gasteiger partial charge in [-0.1, -0.05) is 0 Å². The average Bonchev–Trinajstić information content (AvgIpc) is 2.08. The molecule has 68 valence electrons. The second-order valence-corrected chi connectivity index (χ2v) is 2.34. The number of aliphatic hydroxyl groups is 4. The molecule has 0 radical (unpaired) electrons. The number of hydrogen-bond donors (Lipinski definition) is 4. The highest BCUT2D eigenvalue weighted by atomic mass is 16.6. The van der Waals surface area contributed by atoms with Gasteiger partial charge >= 0.3 is 5.95 Å². The Labute approximate surface area is 67.3 Å². The Kier molecular flexibility index (Phi) is 2.20. The first-order valence-corrected chi connectivity index (χ1v) is 3.18. The summed E-state index contributed by atoms with van der Waals surface area (Å²) < 4.78 is 4.34. The quantitative estimate of drug-likeness (QED) is 0.366.